The number of piperazine rings is 1. The topological polar surface area (TPSA) is 128 Å². The molecule has 0 aliphatic carbocycles. The van der Waals surface area contributed by atoms with Crippen molar-refractivity contribution in [2.45, 2.75) is 26.2 Å². The van der Waals surface area contributed by atoms with Crippen molar-refractivity contribution in [1.29, 1.82) is 0 Å². The quantitative estimate of drug-likeness (QED) is 0.153. The van der Waals surface area contributed by atoms with Gasteiger partial charge >= 0.3 is 0 Å². The van der Waals surface area contributed by atoms with Crippen LogP contribution in [0.1, 0.15) is 26.2 Å². The molecular weight excluding hydrogens is 552 g/mol. The largest absolute Gasteiger partial charge is 0.494 e. The molecule has 1 unspecified atom stereocenters. The van der Waals surface area contributed by atoms with Crippen LogP contribution in [-0.4, -0.2) is 83.7 Å². The average molecular weight is 595 g/mol. The standard InChI is InChI=1S/C34H42N8O2/c1-23(22-35)34(43)36-14-4-3-5-19-44-27-10-6-24(7-11-27)32-37-28-12-8-25(20-30(28)39-32)33-38-29-13-9-26(21-31(29)40-33)42-17-15-41(2)16-18-42/h6-13,20-21,23H,3-5,14-19,22,35H2,1-2H3,(H,36,43)(H,37,39)(H,38,40). The van der Waals surface area contributed by atoms with E-state index in [0.717, 1.165) is 96.0 Å². The number of unbranched alkanes of at least 4 members (excludes halogenated alkanes) is 2. The Hall–Kier alpha value is -4.41. The highest BCUT2D eigenvalue weighted by atomic mass is 16.5. The van der Waals surface area contributed by atoms with Crippen molar-refractivity contribution in [1.82, 2.24) is 30.2 Å². The molecule has 1 amide bonds. The molecule has 6 rings (SSSR count). The molecule has 1 fully saturated rings. The van der Waals surface area contributed by atoms with Crippen LogP contribution in [0.2, 0.25) is 0 Å². The second kappa shape index (κ2) is 13.5. The molecule has 1 aliphatic heterocycles. The lowest BCUT2D eigenvalue weighted by molar-refractivity contribution is -0.124. The molecule has 3 aromatic carbocycles. The number of aromatic nitrogens is 4. The van der Waals surface area contributed by atoms with Gasteiger partial charge in [-0.3, -0.25) is 4.79 Å². The maximum Gasteiger partial charge on any atom is 0.224 e. The Kier molecular flexibility index (Phi) is 9.09. The molecule has 1 saturated heterocycles. The number of nitrogens with two attached hydrogens (primary N) is 1. The molecule has 1 aliphatic rings. The molecule has 10 heteroatoms. The van der Waals surface area contributed by atoms with Crippen molar-refractivity contribution >= 4 is 33.7 Å². The Morgan fingerprint density at radius 2 is 1.55 bits per heavy atom. The first-order valence-electron chi connectivity index (χ1n) is 15.6. The number of nitrogens with one attached hydrogen (secondary N) is 3. The molecule has 2 aromatic heterocycles. The lowest BCUT2D eigenvalue weighted by Gasteiger charge is -2.34. The van der Waals surface area contributed by atoms with Gasteiger partial charge in [-0.15, -0.1) is 0 Å². The van der Waals surface area contributed by atoms with Gasteiger partial charge in [-0.25, -0.2) is 9.97 Å². The number of amides is 1. The summed E-state index contributed by atoms with van der Waals surface area (Å²) in [7, 11) is 2.18. The fourth-order valence-corrected chi connectivity index (χ4v) is 5.49. The Morgan fingerprint density at radius 3 is 2.27 bits per heavy atom. The molecule has 10 nitrogen and oxygen atoms in total. The van der Waals surface area contributed by atoms with E-state index in [1.807, 2.05) is 37.3 Å². The van der Waals surface area contributed by atoms with E-state index < -0.39 is 0 Å². The van der Waals surface area contributed by atoms with Crippen molar-refractivity contribution in [2.24, 2.45) is 11.7 Å². The normalized spacial score (nSPS) is 14.8. The van der Waals surface area contributed by atoms with Crippen LogP contribution in [0, 0.1) is 5.92 Å². The van der Waals surface area contributed by atoms with Crippen molar-refractivity contribution in [2.75, 3.05) is 57.8 Å². The van der Waals surface area contributed by atoms with Crippen molar-refractivity contribution < 1.29 is 9.53 Å². The number of imidazole rings is 2. The van der Waals surface area contributed by atoms with Gasteiger partial charge < -0.3 is 35.6 Å². The molecule has 44 heavy (non-hydrogen) atoms. The van der Waals surface area contributed by atoms with Gasteiger partial charge in [0.25, 0.3) is 0 Å². The second-order valence-electron chi connectivity index (χ2n) is 11.8. The molecule has 0 bridgehead atoms. The minimum atomic E-state index is -0.137. The van der Waals surface area contributed by atoms with Gasteiger partial charge in [0.1, 0.15) is 17.4 Å². The number of carbonyl (C=O) groups is 1. The van der Waals surface area contributed by atoms with Crippen LogP contribution in [0.25, 0.3) is 44.8 Å². The summed E-state index contributed by atoms with van der Waals surface area (Å²) < 4.78 is 5.93. The molecule has 5 aromatic rings. The SMILES string of the molecule is CC(CN)C(=O)NCCCCCOc1ccc(-c2nc3ccc(-c4nc5ccc(N6CCN(C)CC6)cc5[nH]4)cc3[nH]2)cc1. The van der Waals surface area contributed by atoms with Gasteiger partial charge in [-0.05, 0) is 87.0 Å². The van der Waals surface area contributed by atoms with Crippen LogP contribution in [0.5, 0.6) is 5.75 Å². The van der Waals surface area contributed by atoms with Crippen molar-refractivity contribution in [3.05, 3.63) is 60.7 Å². The molecule has 230 valence electrons. The van der Waals surface area contributed by atoms with E-state index in [9.17, 15) is 4.79 Å². The van der Waals surface area contributed by atoms with Gasteiger partial charge in [0, 0.05) is 62.0 Å². The number of anilines is 1. The first kappa shape index (κ1) is 29.7. The van der Waals surface area contributed by atoms with E-state index in [-0.39, 0.29) is 11.8 Å². The summed E-state index contributed by atoms with van der Waals surface area (Å²) in [6.07, 6.45) is 2.84. The minimum absolute atomic E-state index is 0.0233. The van der Waals surface area contributed by atoms with E-state index in [0.29, 0.717) is 19.7 Å². The molecule has 1 atom stereocenters. The number of hydrogen-bond donors (Lipinski definition) is 4. The number of benzene rings is 3. The highest BCUT2D eigenvalue weighted by Gasteiger charge is 2.16. The monoisotopic (exact) mass is 594 g/mol. The smallest absolute Gasteiger partial charge is 0.224 e. The summed E-state index contributed by atoms with van der Waals surface area (Å²) in [5, 5.41) is 2.93. The Morgan fingerprint density at radius 1 is 0.886 bits per heavy atom. The fourth-order valence-electron chi connectivity index (χ4n) is 5.49. The minimum Gasteiger partial charge on any atom is -0.494 e. The summed E-state index contributed by atoms with van der Waals surface area (Å²) >= 11 is 0. The van der Waals surface area contributed by atoms with Crippen LogP contribution < -0.4 is 20.7 Å². The zero-order valence-electron chi connectivity index (χ0n) is 25.6. The molecule has 0 saturated carbocycles. The van der Waals surface area contributed by atoms with Gasteiger partial charge in [-0.1, -0.05) is 6.92 Å². The highest BCUT2D eigenvalue weighted by Crippen LogP contribution is 2.29. The van der Waals surface area contributed by atoms with Gasteiger partial charge in [0.15, 0.2) is 0 Å². The van der Waals surface area contributed by atoms with E-state index in [1.54, 1.807) is 0 Å². The van der Waals surface area contributed by atoms with Crippen LogP contribution >= 0.6 is 0 Å². The zero-order valence-corrected chi connectivity index (χ0v) is 25.6. The van der Waals surface area contributed by atoms with Gasteiger partial charge in [0.2, 0.25) is 5.91 Å². The third-order valence-electron chi connectivity index (χ3n) is 8.41. The number of rotatable bonds is 12. The van der Waals surface area contributed by atoms with Crippen LogP contribution in [0.3, 0.4) is 0 Å². The first-order chi connectivity index (χ1) is 21.5. The average Bonchev–Trinajstić information content (AvgIpc) is 3.68. The molecule has 5 N–H and O–H groups in total. The number of H-pyrrole nitrogens is 2. The fraction of sp³-hybridized carbons (Fsp3) is 0.382. The lowest BCUT2D eigenvalue weighted by atomic mass is 10.1. The Balaban J connectivity index is 1.04. The van der Waals surface area contributed by atoms with Crippen molar-refractivity contribution in [3.63, 3.8) is 0 Å². The third-order valence-corrected chi connectivity index (χ3v) is 8.41. The Labute approximate surface area is 258 Å². The summed E-state index contributed by atoms with van der Waals surface area (Å²) in [6, 6.07) is 20.7. The van der Waals surface area contributed by atoms with Crippen LogP contribution in [-0.2, 0) is 4.79 Å². The number of likely N-dealkylation sites (N-methyl/N-ethyl adjacent to an activating group) is 1. The predicted octanol–water partition coefficient (Wildman–Crippen LogP) is 4.79. The van der Waals surface area contributed by atoms with Crippen molar-refractivity contribution in [3.8, 4) is 28.5 Å². The zero-order chi connectivity index (χ0) is 30.5. The number of ether oxygens (including phenoxy) is 1. The maximum atomic E-state index is 11.8. The molecular formula is C34H42N8O2. The number of hydrogen-bond acceptors (Lipinski definition) is 7. The van der Waals surface area contributed by atoms with E-state index >= 15 is 0 Å². The van der Waals surface area contributed by atoms with Gasteiger partial charge in [0.05, 0.1) is 28.7 Å². The maximum absolute atomic E-state index is 11.8. The van der Waals surface area contributed by atoms with E-state index in [2.05, 4.69) is 62.5 Å². The first-order valence-corrected chi connectivity index (χ1v) is 15.6. The predicted molar refractivity (Wildman–Crippen MR) is 177 cm³/mol. The third kappa shape index (κ3) is 6.87. The summed E-state index contributed by atoms with van der Waals surface area (Å²) in [6.45, 7) is 7.76. The molecule has 3 heterocycles. The van der Waals surface area contributed by atoms with Crippen LogP contribution in [0.15, 0.2) is 60.7 Å². The second-order valence-corrected chi connectivity index (χ2v) is 11.8. The Bertz CT molecular complexity index is 1700. The number of carbonyl (C=O) groups excluding carboxylic acids is 1. The lowest BCUT2D eigenvalue weighted by Crippen LogP contribution is -2.44. The summed E-state index contributed by atoms with van der Waals surface area (Å²) in [4.78, 5) is 33.3. The van der Waals surface area contributed by atoms with Gasteiger partial charge in [-0.2, -0.15) is 0 Å². The molecule has 0 radical (unpaired) electrons. The van der Waals surface area contributed by atoms with E-state index in [4.69, 9.17) is 20.4 Å². The van der Waals surface area contributed by atoms with E-state index in [1.165, 1.54) is 5.69 Å². The summed E-state index contributed by atoms with van der Waals surface area (Å²) in [5.74, 6) is 2.38. The highest BCUT2D eigenvalue weighted by molar-refractivity contribution is 5.87. The number of nitrogens with zero attached hydrogens (tertiary/aromatic N) is 4. The number of fused-ring (bicyclic) bond motifs is 2. The van der Waals surface area contributed by atoms with Crippen LogP contribution in [0.4, 0.5) is 5.69 Å². The number of aromatic amines is 2. The molecule has 0 spiro atoms. The summed E-state index contributed by atoms with van der Waals surface area (Å²) in [5.41, 5.74) is 12.7.